The van der Waals surface area contributed by atoms with E-state index in [1.54, 1.807) is 0 Å². The largest absolute Gasteiger partial charge is 0.224 e. The fourth-order valence-electron chi connectivity index (χ4n) is 1.03. The summed E-state index contributed by atoms with van der Waals surface area (Å²) in [5.74, 6) is 0.370. The smallest absolute Gasteiger partial charge is 0.134 e. The van der Waals surface area contributed by atoms with Gasteiger partial charge in [-0.15, -0.1) is 0 Å². The molecule has 0 saturated carbocycles. The van der Waals surface area contributed by atoms with Gasteiger partial charge in [-0.25, -0.2) is 4.98 Å². The Balaban J connectivity index is 3.22. The van der Waals surface area contributed by atoms with Crippen LogP contribution in [-0.2, 0) is 5.33 Å². The molecule has 0 bridgehead atoms. The molecule has 1 nitrogen and oxygen atoms in total. The van der Waals surface area contributed by atoms with Crippen LogP contribution in [0.5, 0.6) is 0 Å². The van der Waals surface area contributed by atoms with Gasteiger partial charge in [-0.3, -0.25) is 0 Å². The first kappa shape index (κ1) is 11.3. The first-order chi connectivity index (χ1) is 6.06. The highest BCUT2D eigenvalue weighted by atomic mass is 79.9. The molecule has 13 heavy (non-hydrogen) atoms. The molecule has 1 heterocycles. The SMILES string of the molecule is CC(C)c1cc(CBr)c(Cl)nc1Cl. The van der Waals surface area contributed by atoms with Crippen molar-refractivity contribution in [2.24, 2.45) is 0 Å². The predicted molar refractivity (Wildman–Crippen MR) is 61.0 cm³/mol. The predicted octanol–water partition coefficient (Wildman–Crippen LogP) is 4.41. The summed E-state index contributed by atoms with van der Waals surface area (Å²) in [5, 5.41) is 1.69. The number of aromatic nitrogens is 1. The number of nitrogens with zero attached hydrogens (tertiary/aromatic N) is 1. The number of halogens is 3. The standard InChI is InChI=1S/C9H10BrCl2N/c1-5(2)7-3-6(4-10)8(11)13-9(7)12/h3,5H,4H2,1-2H3. The molecule has 1 rings (SSSR count). The molecule has 0 N–H and O–H groups in total. The highest BCUT2D eigenvalue weighted by Crippen LogP contribution is 2.28. The third kappa shape index (κ3) is 2.58. The van der Waals surface area contributed by atoms with Gasteiger partial charge in [0.25, 0.3) is 0 Å². The Bertz CT molecular complexity index is 313. The third-order valence-electron chi connectivity index (χ3n) is 1.80. The fraction of sp³-hybridized carbons (Fsp3) is 0.444. The summed E-state index contributed by atoms with van der Waals surface area (Å²) in [6.45, 7) is 4.16. The van der Waals surface area contributed by atoms with E-state index in [0.717, 1.165) is 11.1 Å². The van der Waals surface area contributed by atoms with Gasteiger partial charge in [0.2, 0.25) is 0 Å². The van der Waals surface area contributed by atoms with E-state index in [2.05, 4.69) is 34.8 Å². The highest BCUT2D eigenvalue weighted by Gasteiger charge is 2.10. The van der Waals surface area contributed by atoms with Crippen LogP contribution < -0.4 is 0 Å². The molecule has 0 aliphatic carbocycles. The maximum atomic E-state index is 5.94. The van der Waals surface area contributed by atoms with Crippen LogP contribution in [0, 0.1) is 0 Å². The fourth-order valence-corrected chi connectivity index (χ4v) is 2.22. The first-order valence-corrected chi connectivity index (χ1v) is 5.84. The molecule has 72 valence electrons. The van der Waals surface area contributed by atoms with Crippen molar-refractivity contribution in [3.63, 3.8) is 0 Å². The van der Waals surface area contributed by atoms with Crippen molar-refractivity contribution in [3.05, 3.63) is 27.5 Å². The second kappa shape index (κ2) is 4.63. The molecule has 0 spiro atoms. The molecule has 0 aliphatic heterocycles. The van der Waals surface area contributed by atoms with Gasteiger partial charge in [0.05, 0.1) is 0 Å². The summed E-state index contributed by atoms with van der Waals surface area (Å²) in [6, 6.07) is 2.00. The van der Waals surface area contributed by atoms with E-state index < -0.39 is 0 Å². The number of hydrogen-bond acceptors (Lipinski definition) is 1. The van der Waals surface area contributed by atoms with Gasteiger partial charge in [0, 0.05) is 10.9 Å². The van der Waals surface area contributed by atoms with E-state index in [4.69, 9.17) is 23.2 Å². The van der Waals surface area contributed by atoms with Crippen LogP contribution in [0.4, 0.5) is 0 Å². The molecule has 4 heteroatoms. The molecule has 0 fully saturated rings. The van der Waals surface area contributed by atoms with Crippen molar-refractivity contribution in [1.29, 1.82) is 0 Å². The van der Waals surface area contributed by atoms with Gasteiger partial charge in [0.15, 0.2) is 0 Å². The van der Waals surface area contributed by atoms with Crippen molar-refractivity contribution < 1.29 is 0 Å². The Morgan fingerprint density at radius 3 is 2.46 bits per heavy atom. The van der Waals surface area contributed by atoms with Crippen LogP contribution in [0.15, 0.2) is 6.07 Å². The maximum absolute atomic E-state index is 5.94. The van der Waals surface area contributed by atoms with Crippen LogP contribution in [0.25, 0.3) is 0 Å². The third-order valence-corrected chi connectivity index (χ3v) is 3.03. The van der Waals surface area contributed by atoms with Gasteiger partial charge in [-0.05, 0) is 17.5 Å². The van der Waals surface area contributed by atoms with Crippen molar-refractivity contribution in [1.82, 2.24) is 4.98 Å². The summed E-state index contributed by atoms with van der Waals surface area (Å²) >= 11 is 15.2. The van der Waals surface area contributed by atoms with Crippen molar-refractivity contribution in [2.75, 3.05) is 0 Å². The number of rotatable bonds is 2. The topological polar surface area (TPSA) is 12.9 Å². The molecule has 0 atom stereocenters. The Labute approximate surface area is 96.6 Å². The van der Waals surface area contributed by atoms with Crippen LogP contribution in [-0.4, -0.2) is 4.98 Å². The zero-order valence-corrected chi connectivity index (χ0v) is 10.5. The van der Waals surface area contributed by atoms with Gasteiger partial charge in [0.1, 0.15) is 10.3 Å². The van der Waals surface area contributed by atoms with E-state index in [1.807, 2.05) is 6.07 Å². The van der Waals surface area contributed by atoms with E-state index in [1.165, 1.54) is 0 Å². The van der Waals surface area contributed by atoms with Crippen molar-refractivity contribution >= 4 is 39.1 Å². The van der Waals surface area contributed by atoms with E-state index in [-0.39, 0.29) is 0 Å². The zero-order chi connectivity index (χ0) is 10.0. The average Bonchev–Trinajstić information content (AvgIpc) is 2.03. The lowest BCUT2D eigenvalue weighted by molar-refractivity contribution is 0.855. The second-order valence-corrected chi connectivity index (χ2v) is 4.38. The summed E-state index contributed by atoms with van der Waals surface area (Å²) in [4.78, 5) is 4.07. The Kier molecular flexibility index (Phi) is 4.02. The zero-order valence-electron chi connectivity index (χ0n) is 7.44. The molecular weight excluding hydrogens is 273 g/mol. The Morgan fingerprint density at radius 2 is 2.00 bits per heavy atom. The summed E-state index contributed by atoms with van der Waals surface area (Å²) in [5.41, 5.74) is 2.02. The number of pyridine rings is 1. The number of alkyl halides is 1. The lowest BCUT2D eigenvalue weighted by atomic mass is 10.0. The molecular formula is C9H10BrCl2N. The molecule has 1 aromatic heterocycles. The van der Waals surface area contributed by atoms with Crippen molar-refractivity contribution in [2.45, 2.75) is 25.1 Å². The summed E-state index contributed by atoms with van der Waals surface area (Å²) in [7, 11) is 0. The lowest BCUT2D eigenvalue weighted by Crippen LogP contribution is -1.95. The maximum Gasteiger partial charge on any atom is 0.134 e. The minimum Gasteiger partial charge on any atom is -0.224 e. The van der Waals surface area contributed by atoms with Gasteiger partial charge >= 0.3 is 0 Å². The lowest BCUT2D eigenvalue weighted by Gasteiger charge is -2.09. The van der Waals surface area contributed by atoms with Crippen LogP contribution >= 0.6 is 39.1 Å². The average molecular weight is 283 g/mol. The van der Waals surface area contributed by atoms with E-state index in [9.17, 15) is 0 Å². The normalized spacial score (nSPS) is 10.9. The van der Waals surface area contributed by atoms with Gasteiger partial charge in [-0.1, -0.05) is 53.0 Å². The molecule has 0 aromatic carbocycles. The monoisotopic (exact) mass is 281 g/mol. The van der Waals surface area contributed by atoms with Crippen LogP contribution in [0.3, 0.4) is 0 Å². The molecule has 0 unspecified atom stereocenters. The molecule has 0 amide bonds. The van der Waals surface area contributed by atoms with E-state index in [0.29, 0.717) is 21.6 Å². The van der Waals surface area contributed by atoms with E-state index >= 15 is 0 Å². The second-order valence-electron chi connectivity index (χ2n) is 3.11. The molecule has 1 aromatic rings. The van der Waals surface area contributed by atoms with Gasteiger partial charge < -0.3 is 0 Å². The van der Waals surface area contributed by atoms with Crippen LogP contribution in [0.2, 0.25) is 10.3 Å². The Morgan fingerprint density at radius 1 is 1.38 bits per heavy atom. The minimum atomic E-state index is 0.370. The summed E-state index contributed by atoms with van der Waals surface area (Å²) < 4.78 is 0. The summed E-state index contributed by atoms with van der Waals surface area (Å²) in [6.07, 6.45) is 0. The number of hydrogen-bond donors (Lipinski definition) is 0. The first-order valence-electron chi connectivity index (χ1n) is 3.97. The van der Waals surface area contributed by atoms with Crippen LogP contribution in [0.1, 0.15) is 30.9 Å². The molecule has 0 saturated heterocycles. The van der Waals surface area contributed by atoms with Gasteiger partial charge in [-0.2, -0.15) is 0 Å². The van der Waals surface area contributed by atoms with Crippen molar-refractivity contribution in [3.8, 4) is 0 Å². The molecule has 0 aliphatic rings. The molecule has 0 radical (unpaired) electrons. The Hall–Kier alpha value is 0.210. The quantitative estimate of drug-likeness (QED) is 0.578. The minimum absolute atomic E-state index is 0.370. The highest BCUT2D eigenvalue weighted by molar-refractivity contribution is 9.08.